The molecule has 0 atom stereocenters. The maximum absolute atomic E-state index is 13.3. The quantitative estimate of drug-likeness (QED) is 0.902. The monoisotopic (exact) mass is 352 g/mol. The molecule has 4 rings (SSSR count). The van der Waals surface area contributed by atoms with Crippen molar-refractivity contribution in [2.75, 3.05) is 19.6 Å². The zero-order valence-corrected chi connectivity index (χ0v) is 15.3. The molecule has 2 amide bonds. The van der Waals surface area contributed by atoms with Gasteiger partial charge >= 0.3 is 0 Å². The van der Waals surface area contributed by atoms with Gasteiger partial charge in [0.05, 0.1) is 5.56 Å². The summed E-state index contributed by atoms with van der Waals surface area (Å²) in [7, 11) is 0. The minimum Gasteiger partial charge on any atom is -0.460 e. The third-order valence-corrected chi connectivity index (χ3v) is 5.94. The zero-order chi connectivity index (χ0) is 18.3. The average molecular weight is 352 g/mol. The lowest BCUT2D eigenvalue weighted by Gasteiger charge is -2.38. The SMILES string of the molecule is Cc1oc(-c2ccccc2)c(C(=O)N2CCC3(CC2)CNC(=O)C3)c1C. The van der Waals surface area contributed by atoms with Crippen LogP contribution in [0.4, 0.5) is 0 Å². The molecule has 2 fully saturated rings. The predicted octanol–water partition coefficient (Wildman–Crippen LogP) is 3.31. The van der Waals surface area contributed by atoms with Gasteiger partial charge < -0.3 is 14.6 Å². The van der Waals surface area contributed by atoms with Crippen LogP contribution in [0, 0.1) is 19.3 Å². The van der Waals surface area contributed by atoms with E-state index < -0.39 is 0 Å². The number of rotatable bonds is 2. The number of hydrogen-bond acceptors (Lipinski definition) is 3. The number of benzene rings is 1. The van der Waals surface area contributed by atoms with Crippen LogP contribution in [-0.4, -0.2) is 36.3 Å². The first-order chi connectivity index (χ1) is 12.5. The molecule has 2 saturated heterocycles. The van der Waals surface area contributed by atoms with Gasteiger partial charge in [0, 0.05) is 37.2 Å². The molecule has 136 valence electrons. The van der Waals surface area contributed by atoms with E-state index in [1.165, 1.54) is 0 Å². The van der Waals surface area contributed by atoms with Gasteiger partial charge in [0.15, 0.2) is 0 Å². The summed E-state index contributed by atoms with van der Waals surface area (Å²) in [6, 6.07) is 9.79. The molecule has 0 unspecified atom stereocenters. The van der Waals surface area contributed by atoms with Crippen molar-refractivity contribution >= 4 is 11.8 Å². The number of furan rings is 1. The van der Waals surface area contributed by atoms with Gasteiger partial charge in [0.1, 0.15) is 11.5 Å². The Bertz CT molecular complexity index is 846. The van der Waals surface area contributed by atoms with E-state index >= 15 is 0 Å². The first-order valence-electron chi connectivity index (χ1n) is 9.20. The van der Waals surface area contributed by atoms with Crippen molar-refractivity contribution in [2.45, 2.75) is 33.1 Å². The number of piperidine rings is 1. The Hall–Kier alpha value is -2.56. The van der Waals surface area contributed by atoms with Crippen LogP contribution < -0.4 is 5.32 Å². The van der Waals surface area contributed by atoms with E-state index in [4.69, 9.17) is 4.42 Å². The average Bonchev–Trinajstić information content (AvgIpc) is 3.16. The van der Waals surface area contributed by atoms with Crippen LogP contribution >= 0.6 is 0 Å². The molecular weight excluding hydrogens is 328 g/mol. The number of likely N-dealkylation sites (tertiary alicyclic amines) is 1. The number of carbonyl (C=O) groups excluding carboxylic acids is 2. The molecule has 5 heteroatoms. The van der Waals surface area contributed by atoms with Crippen LogP contribution in [0.2, 0.25) is 0 Å². The summed E-state index contributed by atoms with van der Waals surface area (Å²) in [5, 5.41) is 2.94. The molecule has 0 aliphatic carbocycles. The van der Waals surface area contributed by atoms with Crippen molar-refractivity contribution in [2.24, 2.45) is 5.41 Å². The number of carbonyl (C=O) groups is 2. The molecule has 1 spiro atoms. The number of hydrogen-bond donors (Lipinski definition) is 1. The summed E-state index contributed by atoms with van der Waals surface area (Å²) >= 11 is 0. The topological polar surface area (TPSA) is 62.6 Å². The van der Waals surface area contributed by atoms with Crippen LogP contribution in [0.5, 0.6) is 0 Å². The standard InChI is InChI=1S/C21H24N2O3/c1-14-15(2)26-19(16-6-4-3-5-7-16)18(14)20(25)23-10-8-21(9-11-23)12-17(24)22-13-21/h3-7H,8-13H2,1-2H3,(H,22,24). The largest absolute Gasteiger partial charge is 0.460 e. The van der Waals surface area contributed by atoms with Gasteiger partial charge in [-0.3, -0.25) is 9.59 Å². The summed E-state index contributed by atoms with van der Waals surface area (Å²) in [5.74, 6) is 1.61. The Morgan fingerprint density at radius 3 is 2.46 bits per heavy atom. The highest BCUT2D eigenvalue weighted by Gasteiger charge is 2.42. The third-order valence-electron chi connectivity index (χ3n) is 5.94. The first kappa shape index (κ1) is 16.9. The van der Waals surface area contributed by atoms with Gasteiger partial charge in [-0.05, 0) is 32.1 Å². The van der Waals surface area contributed by atoms with E-state index in [2.05, 4.69) is 5.32 Å². The normalized spacial score (nSPS) is 19.0. The van der Waals surface area contributed by atoms with E-state index in [9.17, 15) is 9.59 Å². The fraction of sp³-hybridized carbons (Fsp3) is 0.429. The van der Waals surface area contributed by atoms with E-state index in [-0.39, 0.29) is 17.2 Å². The molecule has 2 aliphatic heterocycles. The van der Waals surface area contributed by atoms with Gasteiger partial charge in [0.2, 0.25) is 5.91 Å². The number of nitrogens with zero attached hydrogens (tertiary/aromatic N) is 1. The lowest BCUT2D eigenvalue weighted by Crippen LogP contribution is -2.44. The Morgan fingerprint density at radius 1 is 1.15 bits per heavy atom. The Morgan fingerprint density at radius 2 is 1.85 bits per heavy atom. The minimum absolute atomic E-state index is 0.0327. The Balaban J connectivity index is 1.59. The predicted molar refractivity (Wildman–Crippen MR) is 98.8 cm³/mol. The second kappa shape index (κ2) is 6.31. The van der Waals surface area contributed by atoms with Gasteiger partial charge in [-0.15, -0.1) is 0 Å². The van der Waals surface area contributed by atoms with Crippen molar-refractivity contribution in [3.05, 3.63) is 47.2 Å². The van der Waals surface area contributed by atoms with Crippen molar-refractivity contribution in [3.63, 3.8) is 0 Å². The molecule has 3 heterocycles. The van der Waals surface area contributed by atoms with Gasteiger partial charge in [-0.25, -0.2) is 0 Å². The lowest BCUT2D eigenvalue weighted by atomic mass is 9.77. The van der Waals surface area contributed by atoms with E-state index in [1.54, 1.807) is 0 Å². The summed E-state index contributed by atoms with van der Waals surface area (Å²) in [6.45, 7) is 5.97. The van der Waals surface area contributed by atoms with Crippen LogP contribution in [-0.2, 0) is 4.79 Å². The van der Waals surface area contributed by atoms with Crippen molar-refractivity contribution < 1.29 is 14.0 Å². The molecule has 2 aliphatic rings. The number of amides is 2. The third kappa shape index (κ3) is 2.81. The molecule has 0 saturated carbocycles. The molecule has 5 nitrogen and oxygen atoms in total. The number of nitrogens with one attached hydrogen (secondary N) is 1. The molecule has 0 bridgehead atoms. The highest BCUT2D eigenvalue weighted by atomic mass is 16.3. The fourth-order valence-electron chi connectivity index (χ4n) is 4.12. The summed E-state index contributed by atoms with van der Waals surface area (Å²) < 4.78 is 5.95. The van der Waals surface area contributed by atoms with Crippen LogP contribution in [0.25, 0.3) is 11.3 Å². The summed E-state index contributed by atoms with van der Waals surface area (Å²) in [4.78, 5) is 26.8. The van der Waals surface area contributed by atoms with Crippen LogP contribution in [0.15, 0.2) is 34.7 Å². The molecule has 1 aromatic carbocycles. The van der Waals surface area contributed by atoms with Crippen LogP contribution in [0.3, 0.4) is 0 Å². The first-order valence-corrected chi connectivity index (χ1v) is 9.20. The Labute approximate surface area is 153 Å². The minimum atomic E-state index is 0.0327. The highest BCUT2D eigenvalue weighted by molar-refractivity contribution is 6.01. The zero-order valence-electron chi connectivity index (χ0n) is 15.3. The molecule has 1 aromatic heterocycles. The second-order valence-electron chi connectivity index (χ2n) is 7.60. The molecular formula is C21H24N2O3. The molecule has 2 aromatic rings. The lowest BCUT2D eigenvalue weighted by molar-refractivity contribution is -0.119. The van der Waals surface area contributed by atoms with Gasteiger partial charge in [-0.2, -0.15) is 0 Å². The van der Waals surface area contributed by atoms with Gasteiger partial charge in [0.25, 0.3) is 5.91 Å². The summed E-state index contributed by atoms with van der Waals surface area (Å²) in [5.41, 5.74) is 2.54. The van der Waals surface area contributed by atoms with E-state index in [0.717, 1.165) is 36.3 Å². The van der Waals surface area contributed by atoms with Crippen molar-refractivity contribution in [1.82, 2.24) is 10.2 Å². The number of aryl methyl sites for hydroxylation is 1. The fourth-order valence-corrected chi connectivity index (χ4v) is 4.12. The Kier molecular flexibility index (Phi) is 4.10. The van der Waals surface area contributed by atoms with Crippen molar-refractivity contribution in [1.29, 1.82) is 0 Å². The highest BCUT2D eigenvalue weighted by Crippen LogP contribution is 2.39. The molecule has 1 N–H and O–H groups in total. The van der Waals surface area contributed by atoms with E-state index in [0.29, 0.717) is 30.8 Å². The summed E-state index contributed by atoms with van der Waals surface area (Å²) in [6.07, 6.45) is 2.33. The van der Waals surface area contributed by atoms with Crippen molar-refractivity contribution in [3.8, 4) is 11.3 Å². The second-order valence-corrected chi connectivity index (χ2v) is 7.60. The molecule has 0 radical (unpaired) electrons. The maximum atomic E-state index is 13.3. The van der Waals surface area contributed by atoms with Crippen LogP contribution in [0.1, 0.15) is 40.9 Å². The van der Waals surface area contributed by atoms with E-state index in [1.807, 2.05) is 49.1 Å². The molecule has 26 heavy (non-hydrogen) atoms. The smallest absolute Gasteiger partial charge is 0.258 e. The maximum Gasteiger partial charge on any atom is 0.258 e. The van der Waals surface area contributed by atoms with Gasteiger partial charge in [-0.1, -0.05) is 30.3 Å².